The van der Waals surface area contributed by atoms with E-state index in [0.717, 1.165) is 35.6 Å². The van der Waals surface area contributed by atoms with Crippen molar-refractivity contribution in [3.05, 3.63) is 33.3 Å². The van der Waals surface area contributed by atoms with Crippen LogP contribution in [0.3, 0.4) is 0 Å². The minimum absolute atomic E-state index is 0. The van der Waals surface area contributed by atoms with Crippen LogP contribution in [0, 0.1) is 0 Å². The molecular formula is C11H15BrCl2N2. The molecule has 1 saturated heterocycles. The lowest BCUT2D eigenvalue weighted by Gasteiger charge is -2.16. The molecule has 0 spiro atoms. The molecule has 1 atom stereocenters. The fourth-order valence-electron chi connectivity index (χ4n) is 1.91. The second kappa shape index (κ2) is 6.22. The highest BCUT2D eigenvalue weighted by Crippen LogP contribution is 2.23. The monoisotopic (exact) mass is 324 g/mol. The summed E-state index contributed by atoms with van der Waals surface area (Å²) in [6.45, 7) is 2.94. The van der Waals surface area contributed by atoms with E-state index in [0.29, 0.717) is 6.04 Å². The van der Waals surface area contributed by atoms with E-state index in [1.165, 1.54) is 5.56 Å². The van der Waals surface area contributed by atoms with Gasteiger partial charge in [-0.3, -0.25) is 4.90 Å². The molecule has 2 N–H and O–H groups in total. The van der Waals surface area contributed by atoms with E-state index in [-0.39, 0.29) is 12.4 Å². The van der Waals surface area contributed by atoms with Gasteiger partial charge in [-0.2, -0.15) is 0 Å². The van der Waals surface area contributed by atoms with Crippen molar-refractivity contribution in [1.29, 1.82) is 0 Å². The van der Waals surface area contributed by atoms with Crippen LogP contribution in [0.4, 0.5) is 0 Å². The summed E-state index contributed by atoms with van der Waals surface area (Å²) in [5, 5.41) is 0.832. The molecule has 1 aliphatic heterocycles. The van der Waals surface area contributed by atoms with E-state index in [1.54, 1.807) is 0 Å². The standard InChI is InChI=1S/C11H14BrClN2.ClH/c12-9-1-2-11(13)8(5-9)6-15-4-3-10(14)7-15;/h1-2,5,10H,3-4,6-7,14H2;1H/t10-;/m0./s1. The van der Waals surface area contributed by atoms with Crippen molar-refractivity contribution in [1.82, 2.24) is 4.90 Å². The van der Waals surface area contributed by atoms with E-state index in [1.807, 2.05) is 12.1 Å². The molecule has 1 aromatic carbocycles. The molecule has 5 heteroatoms. The van der Waals surface area contributed by atoms with Gasteiger partial charge in [0, 0.05) is 35.2 Å². The number of likely N-dealkylation sites (tertiary alicyclic amines) is 1. The highest BCUT2D eigenvalue weighted by atomic mass is 79.9. The fraction of sp³-hybridized carbons (Fsp3) is 0.455. The molecule has 0 amide bonds. The smallest absolute Gasteiger partial charge is 0.0451 e. The maximum atomic E-state index is 6.13. The van der Waals surface area contributed by atoms with Gasteiger partial charge in [0.1, 0.15) is 0 Å². The Morgan fingerprint density at radius 1 is 1.50 bits per heavy atom. The topological polar surface area (TPSA) is 29.3 Å². The van der Waals surface area contributed by atoms with Crippen molar-refractivity contribution in [2.75, 3.05) is 13.1 Å². The van der Waals surface area contributed by atoms with Gasteiger partial charge in [0.2, 0.25) is 0 Å². The summed E-state index contributed by atoms with van der Waals surface area (Å²) in [5.41, 5.74) is 7.03. The molecule has 90 valence electrons. The highest BCUT2D eigenvalue weighted by molar-refractivity contribution is 9.10. The summed E-state index contributed by atoms with van der Waals surface area (Å²) >= 11 is 9.59. The first-order chi connectivity index (χ1) is 7.15. The summed E-state index contributed by atoms with van der Waals surface area (Å²) < 4.78 is 1.07. The van der Waals surface area contributed by atoms with Crippen LogP contribution in [0.25, 0.3) is 0 Å². The Balaban J connectivity index is 0.00000128. The SMILES string of the molecule is Cl.N[C@H]1CCN(Cc2cc(Br)ccc2Cl)C1. The minimum Gasteiger partial charge on any atom is -0.326 e. The van der Waals surface area contributed by atoms with E-state index in [9.17, 15) is 0 Å². The Morgan fingerprint density at radius 2 is 2.25 bits per heavy atom. The van der Waals surface area contributed by atoms with Crippen molar-refractivity contribution in [2.45, 2.75) is 19.0 Å². The molecule has 1 aromatic rings. The molecule has 0 saturated carbocycles. The molecule has 1 heterocycles. The van der Waals surface area contributed by atoms with Crippen molar-refractivity contribution in [3.63, 3.8) is 0 Å². The molecule has 2 nitrogen and oxygen atoms in total. The molecule has 2 rings (SSSR count). The van der Waals surface area contributed by atoms with Crippen LogP contribution in [0.15, 0.2) is 22.7 Å². The van der Waals surface area contributed by atoms with Crippen LogP contribution < -0.4 is 5.73 Å². The van der Waals surface area contributed by atoms with E-state index in [2.05, 4.69) is 26.9 Å². The molecule has 0 unspecified atom stereocenters. The summed E-state index contributed by atoms with van der Waals surface area (Å²) in [7, 11) is 0. The zero-order valence-electron chi connectivity index (χ0n) is 8.83. The van der Waals surface area contributed by atoms with Crippen LogP contribution in [0.5, 0.6) is 0 Å². The van der Waals surface area contributed by atoms with Gasteiger partial charge in [-0.1, -0.05) is 27.5 Å². The van der Waals surface area contributed by atoms with Crippen LogP contribution >= 0.6 is 39.9 Å². The molecule has 0 bridgehead atoms. The Morgan fingerprint density at radius 3 is 2.88 bits per heavy atom. The Kier molecular flexibility index (Phi) is 5.54. The number of nitrogens with two attached hydrogens (primary N) is 1. The first kappa shape index (κ1) is 14.3. The molecule has 16 heavy (non-hydrogen) atoms. The molecule has 0 aromatic heterocycles. The van der Waals surface area contributed by atoms with Crippen LogP contribution in [0.1, 0.15) is 12.0 Å². The van der Waals surface area contributed by atoms with Gasteiger partial charge < -0.3 is 5.73 Å². The van der Waals surface area contributed by atoms with E-state index < -0.39 is 0 Å². The van der Waals surface area contributed by atoms with E-state index >= 15 is 0 Å². The largest absolute Gasteiger partial charge is 0.326 e. The lowest BCUT2D eigenvalue weighted by Crippen LogP contribution is -2.26. The molecule has 0 radical (unpaired) electrons. The number of rotatable bonds is 2. The second-order valence-electron chi connectivity index (χ2n) is 4.02. The normalized spacial score (nSPS) is 20.8. The molecule has 0 aliphatic carbocycles. The third kappa shape index (κ3) is 3.60. The number of nitrogens with zero attached hydrogens (tertiary/aromatic N) is 1. The number of benzene rings is 1. The summed E-state index contributed by atoms with van der Waals surface area (Å²) in [6, 6.07) is 6.29. The maximum Gasteiger partial charge on any atom is 0.0451 e. The molecule has 1 fully saturated rings. The van der Waals surface area contributed by atoms with Crippen LogP contribution in [-0.4, -0.2) is 24.0 Å². The van der Waals surface area contributed by atoms with Gasteiger partial charge in [0.15, 0.2) is 0 Å². The number of halogens is 3. The summed E-state index contributed by atoms with van der Waals surface area (Å²) in [6.07, 6.45) is 1.09. The van der Waals surface area contributed by atoms with Crippen molar-refractivity contribution >= 4 is 39.9 Å². The number of hydrogen-bond donors (Lipinski definition) is 1. The minimum atomic E-state index is 0. The fourth-order valence-corrected chi connectivity index (χ4v) is 2.50. The van der Waals surface area contributed by atoms with Gasteiger partial charge in [0.05, 0.1) is 0 Å². The molecule has 1 aliphatic rings. The predicted octanol–water partition coefficient (Wildman–Crippen LogP) is 3.06. The lowest BCUT2D eigenvalue weighted by atomic mass is 10.2. The quantitative estimate of drug-likeness (QED) is 0.905. The Labute approximate surface area is 116 Å². The Bertz CT molecular complexity index is 360. The van der Waals surface area contributed by atoms with Gasteiger partial charge in [-0.05, 0) is 30.2 Å². The third-order valence-corrected chi connectivity index (χ3v) is 3.57. The van der Waals surface area contributed by atoms with Gasteiger partial charge in [0.25, 0.3) is 0 Å². The van der Waals surface area contributed by atoms with Crippen molar-refractivity contribution in [3.8, 4) is 0 Å². The van der Waals surface area contributed by atoms with Crippen LogP contribution in [0.2, 0.25) is 5.02 Å². The Hall–Kier alpha value is 0.200. The van der Waals surface area contributed by atoms with Gasteiger partial charge >= 0.3 is 0 Å². The third-order valence-electron chi connectivity index (χ3n) is 2.71. The second-order valence-corrected chi connectivity index (χ2v) is 5.34. The van der Waals surface area contributed by atoms with Gasteiger partial charge in [-0.25, -0.2) is 0 Å². The first-order valence-electron chi connectivity index (χ1n) is 5.07. The zero-order chi connectivity index (χ0) is 10.8. The lowest BCUT2D eigenvalue weighted by molar-refractivity contribution is 0.327. The summed E-state index contributed by atoms with van der Waals surface area (Å²) in [4.78, 5) is 2.35. The zero-order valence-corrected chi connectivity index (χ0v) is 12.0. The van der Waals surface area contributed by atoms with Crippen molar-refractivity contribution in [2.24, 2.45) is 5.73 Å². The first-order valence-corrected chi connectivity index (χ1v) is 6.24. The van der Waals surface area contributed by atoms with Gasteiger partial charge in [-0.15, -0.1) is 12.4 Å². The van der Waals surface area contributed by atoms with Crippen molar-refractivity contribution < 1.29 is 0 Å². The average molecular weight is 326 g/mol. The summed E-state index contributed by atoms with van der Waals surface area (Å²) in [5.74, 6) is 0. The van der Waals surface area contributed by atoms with E-state index in [4.69, 9.17) is 17.3 Å². The number of hydrogen-bond acceptors (Lipinski definition) is 2. The maximum absolute atomic E-state index is 6.13. The average Bonchev–Trinajstić information content (AvgIpc) is 2.58. The molecular weight excluding hydrogens is 311 g/mol. The highest BCUT2D eigenvalue weighted by Gasteiger charge is 2.19. The predicted molar refractivity (Wildman–Crippen MR) is 74.3 cm³/mol. The van der Waals surface area contributed by atoms with Crippen LogP contribution in [-0.2, 0) is 6.54 Å².